The van der Waals surface area contributed by atoms with E-state index in [9.17, 15) is 13.2 Å². The molecule has 2 aromatic carbocycles. The van der Waals surface area contributed by atoms with E-state index < -0.39 is 10.0 Å². The van der Waals surface area contributed by atoms with Crippen LogP contribution in [0.15, 0.2) is 45.8 Å². The van der Waals surface area contributed by atoms with E-state index in [0.29, 0.717) is 33.4 Å². The Balaban J connectivity index is 1.96. The first-order chi connectivity index (χ1) is 15.1. The molecule has 10 heteroatoms. The molecule has 0 atom stereocenters. The zero-order valence-corrected chi connectivity index (χ0v) is 19.5. The number of halogens is 1. The maximum Gasteiger partial charge on any atom is 0.265 e. The highest BCUT2D eigenvalue weighted by Gasteiger charge is 2.21. The molecule has 0 aliphatic carbocycles. The van der Waals surface area contributed by atoms with Crippen LogP contribution >= 0.6 is 11.6 Å². The molecule has 8 nitrogen and oxygen atoms in total. The van der Waals surface area contributed by atoms with Crippen molar-refractivity contribution in [2.24, 2.45) is 0 Å². The molecule has 1 heterocycles. The van der Waals surface area contributed by atoms with Crippen molar-refractivity contribution in [2.75, 3.05) is 17.1 Å². The van der Waals surface area contributed by atoms with E-state index in [-0.39, 0.29) is 16.6 Å². The van der Waals surface area contributed by atoms with Gasteiger partial charge in [-0.2, -0.15) is 0 Å². The van der Waals surface area contributed by atoms with Crippen molar-refractivity contribution in [1.82, 2.24) is 5.16 Å². The minimum Gasteiger partial charge on any atom is -0.495 e. The predicted octanol–water partition coefficient (Wildman–Crippen LogP) is 4.88. The van der Waals surface area contributed by atoms with E-state index in [1.54, 1.807) is 56.3 Å². The molecule has 0 spiro atoms. The van der Waals surface area contributed by atoms with Crippen LogP contribution in [0.25, 0.3) is 12.2 Å². The largest absolute Gasteiger partial charge is 0.495 e. The van der Waals surface area contributed by atoms with Crippen LogP contribution < -0.4 is 14.8 Å². The first-order valence-electron chi connectivity index (χ1n) is 9.49. The van der Waals surface area contributed by atoms with E-state index in [4.69, 9.17) is 20.9 Å². The molecule has 0 fully saturated rings. The van der Waals surface area contributed by atoms with Gasteiger partial charge in [-0.3, -0.25) is 9.52 Å². The number of hydrogen-bond acceptors (Lipinski definition) is 6. The SMILES string of the molecule is COc1ccc(C=Cc2onc(C)c2NC(C)=O)cc1S(=O)(=O)Nc1cc(Cl)ccc1C. The van der Waals surface area contributed by atoms with E-state index in [1.807, 2.05) is 0 Å². The molecular weight excluding hydrogens is 454 g/mol. The Kier molecular flexibility index (Phi) is 6.90. The van der Waals surface area contributed by atoms with Crippen LogP contribution in [0.2, 0.25) is 5.02 Å². The molecule has 3 aromatic rings. The molecule has 1 aromatic heterocycles. The second-order valence-corrected chi connectivity index (χ2v) is 9.08. The van der Waals surface area contributed by atoms with Gasteiger partial charge in [0.25, 0.3) is 10.0 Å². The summed E-state index contributed by atoms with van der Waals surface area (Å²) in [6, 6.07) is 9.67. The first-order valence-corrected chi connectivity index (χ1v) is 11.4. The highest BCUT2D eigenvalue weighted by molar-refractivity contribution is 7.92. The molecule has 0 radical (unpaired) electrons. The summed E-state index contributed by atoms with van der Waals surface area (Å²) in [5, 5.41) is 6.93. The Morgan fingerprint density at radius 1 is 1.16 bits per heavy atom. The molecule has 168 valence electrons. The minimum absolute atomic E-state index is 0.0441. The van der Waals surface area contributed by atoms with Crippen molar-refractivity contribution in [2.45, 2.75) is 25.7 Å². The third kappa shape index (κ3) is 5.30. The summed E-state index contributed by atoms with van der Waals surface area (Å²) in [7, 11) is -2.59. The third-order valence-electron chi connectivity index (χ3n) is 4.54. The Labute approximate surface area is 191 Å². The van der Waals surface area contributed by atoms with Gasteiger partial charge in [-0.25, -0.2) is 8.42 Å². The van der Waals surface area contributed by atoms with Crippen molar-refractivity contribution in [3.05, 3.63) is 64.0 Å². The summed E-state index contributed by atoms with van der Waals surface area (Å²) in [5.74, 6) is 0.264. The van der Waals surface area contributed by atoms with Gasteiger partial charge in [0.2, 0.25) is 5.91 Å². The van der Waals surface area contributed by atoms with Gasteiger partial charge in [-0.1, -0.05) is 35.0 Å². The number of aromatic nitrogens is 1. The maximum atomic E-state index is 13.1. The third-order valence-corrected chi connectivity index (χ3v) is 6.16. The summed E-state index contributed by atoms with van der Waals surface area (Å²) < 4.78 is 39.3. The van der Waals surface area contributed by atoms with Gasteiger partial charge in [0, 0.05) is 11.9 Å². The Hall–Kier alpha value is -3.30. The molecule has 0 aliphatic rings. The Bertz CT molecular complexity index is 1300. The molecule has 3 rings (SSSR count). The van der Waals surface area contributed by atoms with Crippen LogP contribution in [-0.2, 0) is 14.8 Å². The van der Waals surface area contributed by atoms with Gasteiger partial charge in [0.05, 0.1) is 12.8 Å². The fraction of sp³-hybridized carbons (Fsp3) is 0.182. The number of rotatable bonds is 7. The highest BCUT2D eigenvalue weighted by atomic mass is 35.5. The molecule has 1 amide bonds. The van der Waals surface area contributed by atoms with Crippen molar-refractivity contribution in [3.8, 4) is 5.75 Å². The lowest BCUT2D eigenvalue weighted by Gasteiger charge is -2.14. The predicted molar refractivity (Wildman–Crippen MR) is 124 cm³/mol. The zero-order valence-electron chi connectivity index (χ0n) is 17.9. The zero-order chi connectivity index (χ0) is 23.5. The van der Waals surface area contributed by atoms with Gasteiger partial charge in [-0.05, 0) is 55.3 Å². The van der Waals surface area contributed by atoms with Crippen molar-refractivity contribution >= 4 is 51.1 Å². The monoisotopic (exact) mass is 475 g/mol. The van der Waals surface area contributed by atoms with Crippen LogP contribution in [0, 0.1) is 13.8 Å². The number of methoxy groups -OCH3 is 1. The van der Waals surface area contributed by atoms with Gasteiger partial charge in [-0.15, -0.1) is 0 Å². The van der Waals surface area contributed by atoms with Gasteiger partial charge >= 0.3 is 0 Å². The maximum absolute atomic E-state index is 13.1. The number of nitrogens with zero attached hydrogens (tertiary/aromatic N) is 1. The molecule has 2 N–H and O–H groups in total. The second kappa shape index (κ2) is 9.46. The molecule has 0 saturated heterocycles. The summed E-state index contributed by atoms with van der Waals surface area (Å²) in [5.41, 5.74) is 2.64. The van der Waals surface area contributed by atoms with Crippen molar-refractivity contribution in [1.29, 1.82) is 0 Å². The molecule has 0 saturated carbocycles. The highest BCUT2D eigenvalue weighted by Crippen LogP contribution is 2.30. The van der Waals surface area contributed by atoms with Crippen molar-refractivity contribution < 1.29 is 22.5 Å². The lowest BCUT2D eigenvalue weighted by Crippen LogP contribution is -2.15. The van der Waals surface area contributed by atoms with E-state index in [0.717, 1.165) is 5.56 Å². The number of ether oxygens (including phenoxy) is 1. The summed E-state index contributed by atoms with van der Waals surface area (Å²) in [4.78, 5) is 11.4. The van der Waals surface area contributed by atoms with Crippen LogP contribution in [0.1, 0.15) is 29.5 Å². The lowest BCUT2D eigenvalue weighted by atomic mass is 10.2. The Morgan fingerprint density at radius 2 is 1.91 bits per heavy atom. The Morgan fingerprint density at radius 3 is 2.59 bits per heavy atom. The number of sulfonamides is 1. The van der Waals surface area contributed by atoms with Gasteiger partial charge < -0.3 is 14.6 Å². The van der Waals surface area contributed by atoms with Gasteiger partial charge in [0.1, 0.15) is 22.0 Å². The van der Waals surface area contributed by atoms with E-state index >= 15 is 0 Å². The number of carbonyl (C=O) groups excluding carboxylic acids is 1. The number of nitrogens with one attached hydrogen (secondary N) is 2. The van der Waals surface area contributed by atoms with Crippen LogP contribution in [0.4, 0.5) is 11.4 Å². The van der Waals surface area contributed by atoms with E-state index in [1.165, 1.54) is 20.1 Å². The number of benzene rings is 2. The van der Waals surface area contributed by atoms with Crippen molar-refractivity contribution in [3.63, 3.8) is 0 Å². The summed E-state index contributed by atoms with van der Waals surface area (Å²) in [6.07, 6.45) is 3.24. The van der Waals surface area contributed by atoms with E-state index in [2.05, 4.69) is 15.2 Å². The van der Waals surface area contributed by atoms with Crippen LogP contribution in [0.5, 0.6) is 5.75 Å². The summed E-state index contributed by atoms with van der Waals surface area (Å²) in [6.45, 7) is 4.86. The average molecular weight is 476 g/mol. The lowest BCUT2D eigenvalue weighted by molar-refractivity contribution is -0.114. The van der Waals surface area contributed by atoms with Gasteiger partial charge in [0.15, 0.2) is 5.76 Å². The smallest absolute Gasteiger partial charge is 0.265 e. The molecular formula is C22H22ClN3O5S. The number of carbonyl (C=O) groups is 1. The molecule has 0 unspecified atom stereocenters. The quantitative estimate of drug-likeness (QED) is 0.503. The first kappa shape index (κ1) is 23.4. The second-order valence-electron chi connectivity index (χ2n) is 7.00. The minimum atomic E-state index is -3.98. The summed E-state index contributed by atoms with van der Waals surface area (Å²) >= 11 is 6.01. The number of hydrogen-bond donors (Lipinski definition) is 2. The standard InChI is InChI=1S/C22H22ClN3O5S/c1-13-5-8-17(23)12-18(13)26-32(28,29)21-11-16(6-9-19(21)30-4)7-10-20-22(24-15(3)27)14(2)25-31-20/h5-12,26H,1-4H3,(H,24,27). The molecule has 0 bridgehead atoms. The topological polar surface area (TPSA) is 111 Å². The number of aryl methyl sites for hydroxylation is 2. The number of anilines is 2. The number of amides is 1. The average Bonchev–Trinajstić information content (AvgIpc) is 3.07. The van der Waals surface area contributed by atoms with Crippen LogP contribution in [-0.4, -0.2) is 26.6 Å². The fourth-order valence-corrected chi connectivity index (χ4v) is 4.41. The van der Waals surface area contributed by atoms with Crippen LogP contribution in [0.3, 0.4) is 0 Å². The molecule has 32 heavy (non-hydrogen) atoms. The normalized spacial score (nSPS) is 11.5. The fourth-order valence-electron chi connectivity index (χ4n) is 2.91. The molecule has 0 aliphatic heterocycles.